The van der Waals surface area contributed by atoms with Crippen molar-refractivity contribution in [3.8, 4) is 0 Å². The predicted octanol–water partition coefficient (Wildman–Crippen LogP) is 1.53. The van der Waals surface area contributed by atoms with Crippen molar-refractivity contribution >= 4 is 5.78 Å². The van der Waals surface area contributed by atoms with Crippen molar-refractivity contribution in [3.63, 3.8) is 0 Å². The van der Waals surface area contributed by atoms with E-state index in [1.165, 1.54) is 17.9 Å². The van der Waals surface area contributed by atoms with Gasteiger partial charge in [-0.3, -0.25) is 4.79 Å². The molecule has 1 aromatic rings. The smallest absolute Gasteiger partial charge is 0.247 e. The third-order valence-corrected chi connectivity index (χ3v) is 1.69. The van der Waals surface area contributed by atoms with Gasteiger partial charge in [0.2, 0.25) is 5.92 Å². The minimum Gasteiger partial charge on any atom is -0.291 e. The number of carbonyl (C=O) groups is 1. The van der Waals surface area contributed by atoms with E-state index in [9.17, 15) is 13.6 Å². The fourth-order valence-corrected chi connectivity index (χ4v) is 1.00. The average molecular weight is 203 g/mol. The monoisotopic (exact) mass is 203 g/mol. The molecular weight excluding hydrogens is 192 g/mol. The van der Waals surface area contributed by atoms with Gasteiger partial charge in [-0.2, -0.15) is 5.10 Å². The summed E-state index contributed by atoms with van der Waals surface area (Å²) in [6, 6.07) is 0. The first-order valence-electron chi connectivity index (χ1n) is 4.17. The van der Waals surface area contributed by atoms with E-state index in [0.717, 1.165) is 6.92 Å². The topological polar surface area (TPSA) is 47.8 Å². The highest BCUT2D eigenvalue weighted by Crippen LogP contribution is 2.17. The lowest BCUT2D eigenvalue weighted by Crippen LogP contribution is -2.17. The van der Waals surface area contributed by atoms with Crippen LogP contribution in [0, 0.1) is 0 Å². The first-order valence-corrected chi connectivity index (χ1v) is 4.17. The van der Waals surface area contributed by atoms with Crippen LogP contribution >= 0.6 is 0 Å². The molecule has 0 saturated carbocycles. The zero-order valence-corrected chi connectivity index (χ0v) is 8.00. The van der Waals surface area contributed by atoms with Crippen molar-refractivity contribution in [2.24, 2.45) is 0 Å². The molecule has 0 aromatic carbocycles. The first kappa shape index (κ1) is 10.7. The molecule has 0 aliphatic heterocycles. The maximum Gasteiger partial charge on any atom is 0.247 e. The molecule has 4 nitrogen and oxygen atoms in total. The van der Waals surface area contributed by atoms with Crippen LogP contribution in [0.4, 0.5) is 8.78 Å². The van der Waals surface area contributed by atoms with E-state index in [2.05, 4.69) is 10.1 Å². The number of halogens is 2. The van der Waals surface area contributed by atoms with E-state index < -0.39 is 5.92 Å². The Balaban J connectivity index is 2.68. The van der Waals surface area contributed by atoms with Crippen LogP contribution in [0.3, 0.4) is 0 Å². The van der Waals surface area contributed by atoms with Crippen LogP contribution in [0.1, 0.15) is 30.9 Å². The lowest BCUT2D eigenvalue weighted by Gasteiger charge is -2.09. The molecule has 0 bridgehead atoms. The Morgan fingerprint density at radius 1 is 1.64 bits per heavy atom. The van der Waals surface area contributed by atoms with Crippen molar-refractivity contribution in [1.82, 2.24) is 14.8 Å². The number of rotatable bonds is 4. The molecule has 1 heterocycles. The quantitative estimate of drug-likeness (QED) is 0.697. The molecule has 0 aliphatic rings. The largest absolute Gasteiger partial charge is 0.291 e. The van der Waals surface area contributed by atoms with E-state index in [4.69, 9.17) is 0 Å². The summed E-state index contributed by atoms with van der Waals surface area (Å²) in [6.07, 6.45) is 0.835. The van der Waals surface area contributed by atoms with E-state index in [0.29, 0.717) is 0 Å². The van der Waals surface area contributed by atoms with Gasteiger partial charge in [0.05, 0.1) is 0 Å². The molecule has 0 amide bonds. The third kappa shape index (κ3) is 2.86. The van der Waals surface area contributed by atoms with E-state index in [-0.39, 0.29) is 24.6 Å². The van der Waals surface area contributed by atoms with Crippen molar-refractivity contribution in [3.05, 3.63) is 12.2 Å². The number of carbonyl (C=O) groups excluding carboxylic acids is 1. The highest BCUT2D eigenvalue weighted by molar-refractivity contribution is 5.90. The van der Waals surface area contributed by atoms with Crippen LogP contribution < -0.4 is 0 Å². The molecule has 0 fully saturated rings. The Morgan fingerprint density at radius 2 is 2.29 bits per heavy atom. The molecule has 78 valence electrons. The Morgan fingerprint density at radius 3 is 2.79 bits per heavy atom. The number of aromatic nitrogens is 3. The fourth-order valence-electron chi connectivity index (χ4n) is 1.00. The SMILES string of the molecule is CC(=O)c1ncnn1CCC(C)(F)F. The average Bonchev–Trinajstić information content (AvgIpc) is 2.46. The maximum absolute atomic E-state index is 12.5. The molecule has 14 heavy (non-hydrogen) atoms. The Bertz CT molecular complexity index is 330. The van der Waals surface area contributed by atoms with Gasteiger partial charge in [-0.25, -0.2) is 18.4 Å². The Labute approximate surface area is 79.9 Å². The van der Waals surface area contributed by atoms with Crippen molar-refractivity contribution in [1.29, 1.82) is 0 Å². The van der Waals surface area contributed by atoms with Gasteiger partial charge in [0.15, 0.2) is 11.6 Å². The molecule has 1 rings (SSSR count). The second-order valence-electron chi connectivity index (χ2n) is 3.18. The summed E-state index contributed by atoms with van der Waals surface area (Å²) in [4.78, 5) is 14.6. The fraction of sp³-hybridized carbons (Fsp3) is 0.625. The van der Waals surface area contributed by atoms with Crippen molar-refractivity contribution in [2.75, 3.05) is 0 Å². The molecule has 6 heteroatoms. The zero-order valence-electron chi connectivity index (χ0n) is 8.00. The minimum atomic E-state index is -2.75. The molecular formula is C8H11F2N3O. The van der Waals surface area contributed by atoms with E-state index in [1.54, 1.807) is 0 Å². The number of alkyl halides is 2. The summed E-state index contributed by atoms with van der Waals surface area (Å²) in [6.45, 7) is 2.15. The number of nitrogens with zero attached hydrogens (tertiary/aromatic N) is 3. The first-order chi connectivity index (χ1) is 6.40. The molecule has 0 radical (unpaired) electrons. The Kier molecular flexibility index (Phi) is 2.93. The van der Waals surface area contributed by atoms with Gasteiger partial charge >= 0.3 is 0 Å². The van der Waals surface area contributed by atoms with Gasteiger partial charge in [0.25, 0.3) is 0 Å². The highest BCUT2D eigenvalue weighted by Gasteiger charge is 2.22. The summed E-state index contributed by atoms with van der Waals surface area (Å²) < 4.78 is 26.2. The molecule has 0 aliphatic carbocycles. The number of hydrogen-bond acceptors (Lipinski definition) is 3. The summed E-state index contributed by atoms with van der Waals surface area (Å²) in [5, 5.41) is 3.69. The lowest BCUT2D eigenvalue weighted by molar-refractivity contribution is 0.00752. The molecule has 0 unspecified atom stereocenters. The summed E-state index contributed by atoms with van der Waals surface area (Å²) in [5.41, 5.74) is 0. The molecule has 0 atom stereocenters. The number of ketones is 1. The van der Waals surface area contributed by atoms with Gasteiger partial charge < -0.3 is 0 Å². The highest BCUT2D eigenvalue weighted by atomic mass is 19.3. The van der Waals surface area contributed by atoms with Crippen LogP contribution in [-0.4, -0.2) is 26.5 Å². The number of Topliss-reactive ketones (excluding diaryl/α,β-unsaturated/α-hetero) is 1. The molecule has 0 spiro atoms. The van der Waals surface area contributed by atoms with Crippen LogP contribution in [0.25, 0.3) is 0 Å². The minimum absolute atomic E-state index is 0.00157. The number of hydrogen-bond donors (Lipinski definition) is 0. The maximum atomic E-state index is 12.5. The van der Waals surface area contributed by atoms with E-state index >= 15 is 0 Å². The van der Waals surface area contributed by atoms with Crippen molar-refractivity contribution < 1.29 is 13.6 Å². The molecule has 0 N–H and O–H groups in total. The summed E-state index contributed by atoms with van der Waals surface area (Å²) in [7, 11) is 0. The standard InChI is InChI=1S/C8H11F2N3O/c1-6(14)7-11-5-12-13(7)4-3-8(2,9)10/h5H,3-4H2,1-2H3. The second-order valence-corrected chi connectivity index (χ2v) is 3.18. The van der Waals surface area contributed by atoms with Gasteiger partial charge in [-0.05, 0) is 6.92 Å². The van der Waals surface area contributed by atoms with Crippen LogP contribution in [0.5, 0.6) is 0 Å². The van der Waals surface area contributed by atoms with Gasteiger partial charge in [0, 0.05) is 19.9 Å². The molecule has 1 aromatic heterocycles. The van der Waals surface area contributed by atoms with Gasteiger partial charge in [0.1, 0.15) is 6.33 Å². The zero-order chi connectivity index (χ0) is 10.8. The summed E-state index contributed by atoms with van der Waals surface area (Å²) >= 11 is 0. The van der Waals surface area contributed by atoms with Crippen LogP contribution in [-0.2, 0) is 6.54 Å². The predicted molar refractivity (Wildman–Crippen MR) is 45.3 cm³/mol. The second kappa shape index (κ2) is 3.81. The van der Waals surface area contributed by atoms with Crippen LogP contribution in [0.15, 0.2) is 6.33 Å². The number of aryl methyl sites for hydroxylation is 1. The lowest BCUT2D eigenvalue weighted by atomic mass is 10.3. The molecule has 0 saturated heterocycles. The third-order valence-electron chi connectivity index (χ3n) is 1.69. The Hall–Kier alpha value is -1.33. The van der Waals surface area contributed by atoms with Crippen LogP contribution in [0.2, 0.25) is 0 Å². The summed E-state index contributed by atoms with van der Waals surface area (Å²) in [5.74, 6) is -2.91. The normalized spacial score (nSPS) is 11.7. The van der Waals surface area contributed by atoms with E-state index in [1.807, 2.05) is 0 Å². The van der Waals surface area contributed by atoms with Crippen molar-refractivity contribution in [2.45, 2.75) is 32.7 Å². The van der Waals surface area contributed by atoms with Gasteiger partial charge in [-0.15, -0.1) is 0 Å². The van der Waals surface area contributed by atoms with Gasteiger partial charge in [-0.1, -0.05) is 0 Å².